The highest BCUT2D eigenvalue weighted by molar-refractivity contribution is 6.32. The molecule has 32 heavy (non-hydrogen) atoms. The molecule has 2 atom stereocenters. The lowest BCUT2D eigenvalue weighted by molar-refractivity contribution is -0.143. The van der Waals surface area contributed by atoms with E-state index >= 15 is 0 Å². The molecule has 0 radical (unpaired) electrons. The van der Waals surface area contributed by atoms with Gasteiger partial charge in [0, 0.05) is 23.2 Å². The first-order valence-corrected chi connectivity index (χ1v) is 10.5. The second kappa shape index (κ2) is 9.82. The predicted molar refractivity (Wildman–Crippen MR) is 123 cm³/mol. The summed E-state index contributed by atoms with van der Waals surface area (Å²) in [4.78, 5) is 43.9. The molecule has 168 valence electrons. The van der Waals surface area contributed by atoms with Gasteiger partial charge in [0.05, 0.1) is 18.5 Å². The highest BCUT2D eigenvalue weighted by Crippen LogP contribution is 2.29. The maximum Gasteiger partial charge on any atom is 0.328 e. The zero-order valence-electron chi connectivity index (χ0n) is 18.3. The Hall–Kier alpha value is -3.39. The van der Waals surface area contributed by atoms with Gasteiger partial charge in [0.15, 0.2) is 0 Å². The largest absolute Gasteiger partial charge is 0.467 e. The molecule has 0 saturated heterocycles. The molecule has 8 nitrogen and oxygen atoms in total. The molecule has 1 heterocycles. The van der Waals surface area contributed by atoms with Crippen molar-refractivity contribution in [3.63, 3.8) is 0 Å². The van der Waals surface area contributed by atoms with Crippen LogP contribution in [-0.2, 0) is 14.3 Å². The molecule has 9 heteroatoms. The van der Waals surface area contributed by atoms with E-state index in [0.717, 1.165) is 5.56 Å². The van der Waals surface area contributed by atoms with E-state index in [4.69, 9.17) is 16.3 Å². The number of hydrogen-bond acceptors (Lipinski definition) is 5. The van der Waals surface area contributed by atoms with Crippen molar-refractivity contribution in [3.05, 3.63) is 64.7 Å². The fourth-order valence-electron chi connectivity index (χ4n) is 3.40. The minimum Gasteiger partial charge on any atom is -0.467 e. The SMILES string of the molecule is COC(=O)C(NC(=O)NC1N=C(c2ccccc2)c2cc(Cl)ccc2N(C)C1=O)C(C)C. The minimum absolute atomic E-state index is 0.213. The van der Waals surface area contributed by atoms with Crippen molar-refractivity contribution in [2.75, 3.05) is 19.1 Å². The van der Waals surface area contributed by atoms with Crippen molar-refractivity contribution in [3.8, 4) is 0 Å². The van der Waals surface area contributed by atoms with Crippen LogP contribution in [0.2, 0.25) is 5.02 Å². The van der Waals surface area contributed by atoms with Crippen LogP contribution < -0.4 is 15.5 Å². The minimum atomic E-state index is -1.22. The molecule has 0 fully saturated rings. The highest BCUT2D eigenvalue weighted by Gasteiger charge is 2.32. The number of urea groups is 1. The Kier molecular flexibility index (Phi) is 7.15. The second-order valence-corrected chi connectivity index (χ2v) is 8.10. The number of nitrogens with zero attached hydrogens (tertiary/aromatic N) is 2. The van der Waals surface area contributed by atoms with Crippen LogP contribution in [0.4, 0.5) is 10.5 Å². The van der Waals surface area contributed by atoms with Crippen LogP contribution in [0.1, 0.15) is 25.0 Å². The van der Waals surface area contributed by atoms with E-state index in [1.54, 1.807) is 39.1 Å². The maximum absolute atomic E-state index is 13.2. The Morgan fingerprint density at radius 3 is 2.47 bits per heavy atom. The highest BCUT2D eigenvalue weighted by atomic mass is 35.5. The third-order valence-corrected chi connectivity index (χ3v) is 5.36. The molecule has 0 aliphatic carbocycles. The first kappa shape index (κ1) is 23.3. The Bertz CT molecular complexity index is 1060. The molecule has 2 aromatic rings. The lowest BCUT2D eigenvalue weighted by Crippen LogP contribution is -2.54. The number of carbonyl (C=O) groups excluding carboxylic acids is 3. The number of hydrogen-bond donors (Lipinski definition) is 2. The van der Waals surface area contributed by atoms with E-state index < -0.39 is 30.1 Å². The number of anilines is 1. The molecule has 0 saturated carbocycles. The first-order chi connectivity index (χ1) is 15.2. The van der Waals surface area contributed by atoms with Gasteiger partial charge in [-0.25, -0.2) is 14.6 Å². The van der Waals surface area contributed by atoms with Gasteiger partial charge in [-0.15, -0.1) is 0 Å². The average Bonchev–Trinajstić information content (AvgIpc) is 2.87. The number of aliphatic imine (C=N–C) groups is 1. The fourth-order valence-corrected chi connectivity index (χ4v) is 3.57. The molecule has 3 amide bonds. The monoisotopic (exact) mass is 456 g/mol. The van der Waals surface area contributed by atoms with Crippen molar-refractivity contribution in [2.24, 2.45) is 10.9 Å². The lowest BCUT2D eigenvalue weighted by atomic mass is 10.0. The summed E-state index contributed by atoms with van der Waals surface area (Å²) in [6.07, 6.45) is -1.22. The molecule has 1 aliphatic heterocycles. The van der Waals surface area contributed by atoms with Crippen molar-refractivity contribution in [1.29, 1.82) is 0 Å². The van der Waals surface area contributed by atoms with Crippen LogP contribution >= 0.6 is 11.6 Å². The molecule has 2 aromatic carbocycles. The standard InChI is InChI=1S/C23H25ClN4O4/c1-13(2)18(22(30)32-4)26-23(31)27-20-21(29)28(3)17-11-10-15(24)12-16(17)19(25-20)14-8-6-5-7-9-14/h5-13,18,20H,1-4H3,(H2,26,27,31). The van der Waals surface area contributed by atoms with E-state index in [1.165, 1.54) is 12.0 Å². The van der Waals surface area contributed by atoms with Crippen LogP contribution in [0.3, 0.4) is 0 Å². The first-order valence-electron chi connectivity index (χ1n) is 10.1. The molecular weight excluding hydrogens is 432 g/mol. The normalized spacial score (nSPS) is 16.6. The Balaban J connectivity index is 1.99. The van der Waals surface area contributed by atoms with E-state index in [1.807, 2.05) is 30.3 Å². The summed E-state index contributed by atoms with van der Waals surface area (Å²) >= 11 is 6.24. The molecule has 0 bridgehead atoms. The van der Waals surface area contributed by atoms with Crippen LogP contribution in [0.5, 0.6) is 0 Å². The number of ether oxygens (including phenoxy) is 1. The van der Waals surface area contributed by atoms with Gasteiger partial charge >= 0.3 is 12.0 Å². The van der Waals surface area contributed by atoms with Gasteiger partial charge in [-0.05, 0) is 24.1 Å². The topological polar surface area (TPSA) is 100 Å². The summed E-state index contributed by atoms with van der Waals surface area (Å²) in [7, 11) is 2.86. The number of benzene rings is 2. The van der Waals surface area contributed by atoms with Gasteiger partial charge in [0.2, 0.25) is 6.17 Å². The fraction of sp³-hybridized carbons (Fsp3) is 0.304. The number of methoxy groups -OCH3 is 1. The van der Waals surface area contributed by atoms with E-state index in [-0.39, 0.29) is 5.92 Å². The van der Waals surface area contributed by atoms with Crippen molar-refractivity contribution in [1.82, 2.24) is 10.6 Å². The van der Waals surface area contributed by atoms with Gasteiger partial charge in [0.25, 0.3) is 5.91 Å². The maximum atomic E-state index is 13.2. The number of carbonyl (C=O) groups is 3. The molecule has 3 rings (SSSR count). The number of halogens is 1. The van der Waals surface area contributed by atoms with Crippen LogP contribution in [-0.4, -0.2) is 50.0 Å². The van der Waals surface area contributed by atoms with E-state index in [9.17, 15) is 14.4 Å². The van der Waals surface area contributed by atoms with E-state index in [0.29, 0.717) is 22.0 Å². The smallest absolute Gasteiger partial charge is 0.328 e. The van der Waals surface area contributed by atoms with Crippen LogP contribution in [0.25, 0.3) is 0 Å². The second-order valence-electron chi connectivity index (χ2n) is 7.67. The molecule has 1 aliphatic rings. The summed E-state index contributed by atoms with van der Waals surface area (Å²) < 4.78 is 4.75. The molecule has 0 aromatic heterocycles. The molecule has 0 spiro atoms. The predicted octanol–water partition coefficient (Wildman–Crippen LogP) is 2.98. The summed E-state index contributed by atoms with van der Waals surface area (Å²) in [6.45, 7) is 3.55. The third-order valence-electron chi connectivity index (χ3n) is 5.12. The number of amides is 3. The number of esters is 1. The average molecular weight is 457 g/mol. The van der Waals surface area contributed by atoms with Crippen LogP contribution in [0, 0.1) is 5.92 Å². The van der Waals surface area contributed by atoms with Gasteiger partial charge in [-0.3, -0.25) is 4.79 Å². The number of fused-ring (bicyclic) bond motifs is 1. The van der Waals surface area contributed by atoms with E-state index in [2.05, 4.69) is 15.6 Å². The summed E-state index contributed by atoms with van der Waals surface area (Å²) in [5.41, 5.74) is 2.56. The van der Waals surface area contributed by atoms with Gasteiger partial charge in [-0.2, -0.15) is 0 Å². The molecule has 2 N–H and O–H groups in total. The molecular formula is C23H25ClN4O4. The zero-order valence-corrected chi connectivity index (χ0v) is 19.0. The number of nitrogens with one attached hydrogen (secondary N) is 2. The van der Waals surface area contributed by atoms with Gasteiger partial charge < -0.3 is 20.3 Å². The number of rotatable bonds is 5. The zero-order chi connectivity index (χ0) is 23.4. The number of likely N-dealkylation sites (N-methyl/N-ethyl adjacent to an activating group) is 1. The summed E-state index contributed by atoms with van der Waals surface area (Å²) in [6, 6.07) is 12.9. The van der Waals surface area contributed by atoms with Gasteiger partial charge in [0.1, 0.15) is 6.04 Å². The summed E-state index contributed by atoms with van der Waals surface area (Å²) in [5, 5.41) is 5.65. The quantitative estimate of drug-likeness (QED) is 0.675. The Morgan fingerprint density at radius 1 is 1.16 bits per heavy atom. The Labute approximate surface area is 191 Å². The van der Waals surface area contributed by atoms with Crippen LogP contribution in [0.15, 0.2) is 53.5 Å². The Morgan fingerprint density at radius 2 is 1.84 bits per heavy atom. The van der Waals surface area contributed by atoms with Crippen molar-refractivity contribution >= 4 is 40.9 Å². The van der Waals surface area contributed by atoms with Crippen molar-refractivity contribution < 1.29 is 19.1 Å². The number of benzodiazepines with no additional fused rings is 1. The summed E-state index contributed by atoms with van der Waals surface area (Å²) in [5.74, 6) is -1.22. The van der Waals surface area contributed by atoms with Crippen molar-refractivity contribution in [2.45, 2.75) is 26.1 Å². The third kappa shape index (κ3) is 4.91. The lowest BCUT2D eigenvalue weighted by Gasteiger charge is -2.23. The van der Waals surface area contributed by atoms with Gasteiger partial charge in [-0.1, -0.05) is 55.8 Å². The molecule has 2 unspecified atom stereocenters.